The summed E-state index contributed by atoms with van der Waals surface area (Å²) in [6.45, 7) is 0.0704. The molecule has 2 N–H and O–H groups in total. The molecule has 5 nitrogen and oxygen atoms in total. The van der Waals surface area contributed by atoms with Crippen molar-refractivity contribution in [1.29, 1.82) is 0 Å². The van der Waals surface area contributed by atoms with E-state index < -0.39 is 23.9 Å². The number of aromatic nitrogens is 1. The molecule has 0 spiro atoms. The molecule has 1 unspecified atom stereocenters. The number of rotatable bonds is 5. The molecule has 0 saturated carbocycles. The zero-order chi connectivity index (χ0) is 13.8. The topological polar surface area (TPSA) is 75.4 Å². The van der Waals surface area contributed by atoms with Gasteiger partial charge < -0.3 is 14.9 Å². The first-order chi connectivity index (χ1) is 8.34. The lowest BCUT2D eigenvalue weighted by atomic mass is 10.2. The number of alkyl halides is 4. The highest BCUT2D eigenvalue weighted by molar-refractivity contribution is 6.27. The van der Waals surface area contributed by atoms with Crippen LogP contribution in [0, 0.1) is 0 Å². The van der Waals surface area contributed by atoms with Crippen molar-refractivity contribution >= 4 is 17.5 Å². The second kappa shape index (κ2) is 6.05. The van der Waals surface area contributed by atoms with Gasteiger partial charge in [-0.25, -0.2) is 0 Å². The van der Waals surface area contributed by atoms with E-state index >= 15 is 0 Å². The maximum absolute atomic E-state index is 12.2. The highest BCUT2D eigenvalue weighted by atomic mass is 35.5. The van der Waals surface area contributed by atoms with Gasteiger partial charge in [0, 0.05) is 12.6 Å². The number of carbonyl (C=O) groups is 1. The Hall–Kier alpha value is -1.28. The van der Waals surface area contributed by atoms with Crippen molar-refractivity contribution in [2.45, 2.75) is 18.7 Å². The van der Waals surface area contributed by atoms with Gasteiger partial charge in [0.15, 0.2) is 0 Å². The number of aliphatic hydroxyl groups is 1. The quantitative estimate of drug-likeness (QED) is 0.804. The maximum atomic E-state index is 12.2. The first-order valence-electron chi connectivity index (χ1n) is 4.89. The van der Waals surface area contributed by atoms with Crippen LogP contribution in [0.15, 0.2) is 10.6 Å². The van der Waals surface area contributed by atoms with Crippen molar-refractivity contribution in [3.8, 4) is 0 Å². The molecule has 9 heteroatoms. The fraction of sp³-hybridized carbons (Fsp3) is 0.556. The SMILES string of the molecule is O=C(CCl)NCCC(O)c1cc(C(F)(F)F)on1. The van der Waals surface area contributed by atoms with Gasteiger partial charge >= 0.3 is 6.18 Å². The highest BCUT2D eigenvalue weighted by Gasteiger charge is 2.36. The van der Waals surface area contributed by atoms with E-state index in [0.717, 1.165) is 0 Å². The van der Waals surface area contributed by atoms with Crippen molar-refractivity contribution in [1.82, 2.24) is 10.5 Å². The summed E-state index contributed by atoms with van der Waals surface area (Å²) in [7, 11) is 0. The van der Waals surface area contributed by atoms with Crippen LogP contribution < -0.4 is 5.32 Å². The number of hydrogen-bond acceptors (Lipinski definition) is 4. The zero-order valence-electron chi connectivity index (χ0n) is 9.00. The fourth-order valence-electron chi connectivity index (χ4n) is 1.12. The first-order valence-corrected chi connectivity index (χ1v) is 5.42. The Balaban J connectivity index is 2.49. The first kappa shape index (κ1) is 14.8. The Labute approximate surface area is 105 Å². The average Bonchev–Trinajstić information content (AvgIpc) is 2.77. The standard InChI is InChI=1S/C9H10ClF3N2O3/c10-4-8(17)14-2-1-6(16)5-3-7(18-15-5)9(11,12)13/h3,6,16H,1-2,4H2,(H,14,17). The van der Waals surface area contributed by atoms with Gasteiger partial charge in [-0.15, -0.1) is 11.6 Å². The number of nitrogens with zero attached hydrogens (tertiary/aromatic N) is 1. The molecule has 0 aliphatic heterocycles. The van der Waals surface area contributed by atoms with Gasteiger partial charge in [0.25, 0.3) is 0 Å². The zero-order valence-corrected chi connectivity index (χ0v) is 9.75. The third-order valence-electron chi connectivity index (χ3n) is 2.01. The molecule has 0 aliphatic carbocycles. The van der Waals surface area contributed by atoms with Gasteiger partial charge in [0.05, 0.1) is 0 Å². The minimum absolute atomic E-state index is 0.00641. The van der Waals surface area contributed by atoms with E-state index in [-0.39, 0.29) is 24.5 Å². The summed E-state index contributed by atoms with van der Waals surface area (Å²) in [6, 6.07) is 0.619. The van der Waals surface area contributed by atoms with E-state index in [4.69, 9.17) is 11.6 Å². The molecule has 1 aromatic heterocycles. The lowest BCUT2D eigenvalue weighted by Gasteiger charge is -2.07. The summed E-state index contributed by atoms with van der Waals surface area (Å²) in [5.41, 5.74) is -0.234. The van der Waals surface area contributed by atoms with Crippen LogP contribution in [0.4, 0.5) is 13.2 Å². The fourth-order valence-corrected chi connectivity index (χ4v) is 1.22. The van der Waals surface area contributed by atoms with Crippen molar-refractivity contribution in [3.63, 3.8) is 0 Å². The van der Waals surface area contributed by atoms with Crippen LogP contribution in [0.2, 0.25) is 0 Å². The summed E-state index contributed by atoms with van der Waals surface area (Å²) >= 11 is 5.21. The number of halogens is 4. The van der Waals surface area contributed by atoms with E-state index in [1.165, 1.54) is 0 Å². The molecule has 1 aromatic rings. The van der Waals surface area contributed by atoms with Gasteiger partial charge in [-0.05, 0) is 6.42 Å². The number of nitrogens with one attached hydrogen (secondary N) is 1. The second-order valence-corrected chi connectivity index (χ2v) is 3.67. The Morgan fingerprint density at radius 3 is 2.78 bits per heavy atom. The molecular formula is C9H10ClF3N2O3. The minimum atomic E-state index is -4.64. The molecule has 1 amide bonds. The minimum Gasteiger partial charge on any atom is -0.387 e. The normalized spacial score (nSPS) is 13.4. The van der Waals surface area contributed by atoms with Crippen LogP contribution in [0.3, 0.4) is 0 Å². The molecule has 1 rings (SSSR count). The van der Waals surface area contributed by atoms with Crippen LogP contribution in [-0.4, -0.2) is 28.6 Å². The molecule has 102 valence electrons. The van der Waals surface area contributed by atoms with Crippen LogP contribution in [0.25, 0.3) is 0 Å². The van der Waals surface area contributed by atoms with Crippen LogP contribution in [0.1, 0.15) is 24.0 Å². The number of hydrogen-bond donors (Lipinski definition) is 2. The Morgan fingerprint density at radius 2 is 2.28 bits per heavy atom. The Kier molecular flexibility index (Phi) is 4.97. The van der Waals surface area contributed by atoms with Gasteiger partial charge in [0.1, 0.15) is 17.7 Å². The molecule has 0 bridgehead atoms. The van der Waals surface area contributed by atoms with E-state index in [2.05, 4.69) is 15.0 Å². The number of amides is 1. The van der Waals surface area contributed by atoms with Gasteiger partial charge in [0.2, 0.25) is 11.7 Å². The molecule has 1 atom stereocenters. The Bertz CT molecular complexity index is 408. The van der Waals surface area contributed by atoms with Crippen molar-refractivity contribution in [3.05, 3.63) is 17.5 Å². The van der Waals surface area contributed by atoms with E-state index in [9.17, 15) is 23.1 Å². The number of carbonyl (C=O) groups excluding carboxylic acids is 1. The second-order valence-electron chi connectivity index (χ2n) is 3.40. The predicted octanol–water partition coefficient (Wildman–Crippen LogP) is 1.47. The number of aliphatic hydroxyl groups excluding tert-OH is 1. The summed E-state index contributed by atoms with van der Waals surface area (Å²) in [5, 5.41) is 15.0. The molecule has 0 aliphatic rings. The average molecular weight is 287 g/mol. The van der Waals surface area contributed by atoms with E-state index in [1.807, 2.05) is 0 Å². The summed E-state index contributed by atoms with van der Waals surface area (Å²) in [5.74, 6) is -1.93. The lowest BCUT2D eigenvalue weighted by molar-refractivity contribution is -0.155. The largest absolute Gasteiger partial charge is 0.452 e. The van der Waals surface area contributed by atoms with E-state index in [1.54, 1.807) is 0 Å². The molecule has 18 heavy (non-hydrogen) atoms. The third-order valence-corrected chi connectivity index (χ3v) is 2.25. The molecule has 0 radical (unpaired) electrons. The monoisotopic (exact) mass is 286 g/mol. The third kappa shape index (κ3) is 4.19. The van der Waals surface area contributed by atoms with Crippen LogP contribution in [-0.2, 0) is 11.0 Å². The maximum Gasteiger partial charge on any atom is 0.452 e. The summed E-state index contributed by atoms with van der Waals surface area (Å²) < 4.78 is 40.6. The van der Waals surface area contributed by atoms with Crippen molar-refractivity contribution in [2.24, 2.45) is 0 Å². The lowest BCUT2D eigenvalue weighted by Crippen LogP contribution is -2.26. The molecular weight excluding hydrogens is 277 g/mol. The van der Waals surface area contributed by atoms with Gasteiger partial charge in [-0.1, -0.05) is 5.16 Å². The smallest absolute Gasteiger partial charge is 0.387 e. The van der Waals surface area contributed by atoms with Crippen LogP contribution in [0.5, 0.6) is 0 Å². The van der Waals surface area contributed by atoms with Crippen molar-refractivity contribution < 1.29 is 27.6 Å². The molecule has 0 fully saturated rings. The predicted molar refractivity (Wildman–Crippen MR) is 54.8 cm³/mol. The van der Waals surface area contributed by atoms with Gasteiger partial charge in [-0.3, -0.25) is 4.79 Å². The molecule has 0 saturated heterocycles. The summed E-state index contributed by atoms with van der Waals surface area (Å²) in [6.07, 6.45) is -5.88. The van der Waals surface area contributed by atoms with Crippen LogP contribution >= 0.6 is 11.6 Å². The Morgan fingerprint density at radius 1 is 1.61 bits per heavy atom. The summed E-state index contributed by atoms with van der Waals surface area (Å²) in [4.78, 5) is 10.8. The molecule has 1 heterocycles. The van der Waals surface area contributed by atoms with Crippen molar-refractivity contribution in [2.75, 3.05) is 12.4 Å². The highest BCUT2D eigenvalue weighted by Crippen LogP contribution is 2.31. The molecule has 0 aromatic carbocycles. The van der Waals surface area contributed by atoms with E-state index in [0.29, 0.717) is 6.07 Å². The van der Waals surface area contributed by atoms with Gasteiger partial charge in [-0.2, -0.15) is 13.2 Å².